The number of nitrogens with one attached hydrogen (secondary N) is 1. The maximum Gasteiger partial charge on any atom is 0.255 e. The fraction of sp³-hybridized carbons (Fsp3) is 0.222. The monoisotopic (exact) mass is 294 g/mol. The van der Waals surface area contributed by atoms with Gasteiger partial charge in [-0.3, -0.25) is 4.79 Å². The standard InChI is InChI=1S/C18H18N2O2/c1-12(20-22)14-5-3-7-17(11-14)19-18(21)16-9-8-13-4-2-6-15(13)10-16/h3,5,7-11,22H,2,4,6H2,1H3,(H,19,21)/b20-12+. The van der Waals surface area contributed by atoms with Crippen LogP contribution < -0.4 is 5.32 Å². The minimum absolute atomic E-state index is 0.120. The maximum atomic E-state index is 12.4. The number of benzene rings is 2. The zero-order valence-corrected chi connectivity index (χ0v) is 12.5. The number of oxime groups is 1. The van der Waals surface area contributed by atoms with Crippen LogP contribution in [-0.2, 0) is 12.8 Å². The molecule has 1 aliphatic carbocycles. The van der Waals surface area contributed by atoms with Crippen LogP contribution in [0, 0.1) is 0 Å². The molecule has 0 fully saturated rings. The Kier molecular flexibility index (Phi) is 3.92. The Balaban J connectivity index is 1.80. The highest BCUT2D eigenvalue weighted by Gasteiger charge is 2.14. The van der Waals surface area contributed by atoms with Crippen LogP contribution in [-0.4, -0.2) is 16.8 Å². The molecule has 0 aliphatic heterocycles. The van der Waals surface area contributed by atoms with Gasteiger partial charge < -0.3 is 10.5 Å². The highest BCUT2D eigenvalue weighted by Crippen LogP contribution is 2.23. The lowest BCUT2D eigenvalue weighted by Crippen LogP contribution is -2.12. The summed E-state index contributed by atoms with van der Waals surface area (Å²) in [5.41, 5.74) is 5.28. The first-order chi connectivity index (χ1) is 10.7. The van der Waals surface area contributed by atoms with Crippen molar-refractivity contribution in [2.75, 3.05) is 5.32 Å². The largest absolute Gasteiger partial charge is 0.411 e. The third-order valence-corrected chi connectivity index (χ3v) is 4.05. The van der Waals surface area contributed by atoms with Crippen LogP contribution in [0.25, 0.3) is 0 Å². The molecule has 0 bridgehead atoms. The number of fused-ring (bicyclic) bond motifs is 1. The summed E-state index contributed by atoms with van der Waals surface area (Å²) in [7, 11) is 0. The normalized spacial score (nSPS) is 13.8. The topological polar surface area (TPSA) is 61.7 Å². The van der Waals surface area contributed by atoms with Crippen LogP contribution in [0.4, 0.5) is 5.69 Å². The van der Waals surface area contributed by atoms with Gasteiger partial charge in [0.05, 0.1) is 5.71 Å². The van der Waals surface area contributed by atoms with Gasteiger partial charge in [-0.1, -0.05) is 23.4 Å². The molecule has 22 heavy (non-hydrogen) atoms. The van der Waals surface area contributed by atoms with E-state index in [4.69, 9.17) is 5.21 Å². The van der Waals surface area contributed by atoms with Crippen molar-refractivity contribution in [3.05, 3.63) is 64.7 Å². The maximum absolute atomic E-state index is 12.4. The van der Waals surface area contributed by atoms with Crippen molar-refractivity contribution in [2.45, 2.75) is 26.2 Å². The van der Waals surface area contributed by atoms with E-state index in [2.05, 4.69) is 16.5 Å². The summed E-state index contributed by atoms with van der Waals surface area (Å²) >= 11 is 0. The Labute approximate surface area is 129 Å². The Morgan fingerprint density at radius 1 is 1.09 bits per heavy atom. The molecule has 1 aliphatic rings. The van der Waals surface area contributed by atoms with E-state index in [1.807, 2.05) is 30.3 Å². The number of anilines is 1. The van der Waals surface area contributed by atoms with Crippen LogP contribution >= 0.6 is 0 Å². The molecule has 112 valence electrons. The Morgan fingerprint density at radius 3 is 2.73 bits per heavy atom. The lowest BCUT2D eigenvalue weighted by Gasteiger charge is -2.08. The minimum Gasteiger partial charge on any atom is -0.411 e. The van der Waals surface area contributed by atoms with E-state index in [0.717, 1.165) is 18.4 Å². The number of carbonyl (C=O) groups is 1. The molecule has 3 rings (SSSR count). The summed E-state index contributed by atoms with van der Waals surface area (Å²) < 4.78 is 0. The molecule has 2 aromatic rings. The van der Waals surface area contributed by atoms with Crippen LogP contribution in [0.5, 0.6) is 0 Å². The number of hydrogen-bond donors (Lipinski definition) is 2. The third-order valence-electron chi connectivity index (χ3n) is 4.05. The first-order valence-corrected chi connectivity index (χ1v) is 7.39. The molecular formula is C18H18N2O2. The SMILES string of the molecule is C/C(=N\O)c1cccc(NC(=O)c2ccc3c(c2)CCC3)c1. The van der Waals surface area contributed by atoms with Crippen molar-refractivity contribution in [3.63, 3.8) is 0 Å². The van der Waals surface area contributed by atoms with Crippen LogP contribution in [0.1, 0.15) is 40.4 Å². The van der Waals surface area contributed by atoms with E-state index in [1.165, 1.54) is 17.5 Å². The van der Waals surface area contributed by atoms with Crippen LogP contribution in [0.15, 0.2) is 47.6 Å². The Bertz CT molecular complexity index is 751. The van der Waals surface area contributed by atoms with Gasteiger partial charge in [0.1, 0.15) is 0 Å². The average molecular weight is 294 g/mol. The van der Waals surface area contributed by atoms with Crippen molar-refractivity contribution in [1.29, 1.82) is 0 Å². The van der Waals surface area contributed by atoms with Gasteiger partial charge in [0.25, 0.3) is 5.91 Å². The van der Waals surface area contributed by atoms with Gasteiger partial charge in [0, 0.05) is 16.8 Å². The summed E-state index contributed by atoms with van der Waals surface area (Å²) in [4.78, 5) is 12.4. The minimum atomic E-state index is -0.120. The Hall–Kier alpha value is -2.62. The molecule has 0 heterocycles. The van der Waals surface area contributed by atoms with E-state index >= 15 is 0 Å². The molecule has 0 atom stereocenters. The van der Waals surface area contributed by atoms with E-state index in [9.17, 15) is 4.79 Å². The first kappa shape index (κ1) is 14.3. The van der Waals surface area contributed by atoms with E-state index in [-0.39, 0.29) is 5.91 Å². The summed E-state index contributed by atoms with van der Waals surface area (Å²) in [6.07, 6.45) is 3.33. The highest BCUT2D eigenvalue weighted by molar-refractivity contribution is 6.05. The molecule has 0 radical (unpaired) electrons. The van der Waals surface area contributed by atoms with Gasteiger partial charge in [0.15, 0.2) is 0 Å². The van der Waals surface area contributed by atoms with Crippen molar-refractivity contribution < 1.29 is 10.0 Å². The van der Waals surface area contributed by atoms with Gasteiger partial charge in [-0.25, -0.2) is 0 Å². The van der Waals surface area contributed by atoms with E-state index < -0.39 is 0 Å². The zero-order chi connectivity index (χ0) is 15.5. The number of carbonyl (C=O) groups excluding carboxylic acids is 1. The molecule has 2 aromatic carbocycles. The average Bonchev–Trinajstić information content (AvgIpc) is 3.01. The molecule has 1 amide bonds. The van der Waals surface area contributed by atoms with Crippen LogP contribution in [0.3, 0.4) is 0 Å². The predicted octanol–water partition coefficient (Wildman–Crippen LogP) is 3.63. The van der Waals surface area contributed by atoms with Gasteiger partial charge in [-0.15, -0.1) is 0 Å². The van der Waals surface area contributed by atoms with Crippen LogP contribution in [0.2, 0.25) is 0 Å². The van der Waals surface area contributed by atoms with Gasteiger partial charge >= 0.3 is 0 Å². The van der Waals surface area contributed by atoms with Crippen molar-refractivity contribution in [2.24, 2.45) is 5.16 Å². The molecule has 0 saturated heterocycles. The highest BCUT2D eigenvalue weighted by atomic mass is 16.4. The summed E-state index contributed by atoms with van der Waals surface area (Å²) in [6, 6.07) is 13.2. The van der Waals surface area contributed by atoms with Crippen molar-refractivity contribution in [3.8, 4) is 0 Å². The smallest absolute Gasteiger partial charge is 0.255 e. The third kappa shape index (κ3) is 2.86. The summed E-state index contributed by atoms with van der Waals surface area (Å²) in [6.45, 7) is 1.71. The molecule has 0 spiro atoms. The molecule has 0 aromatic heterocycles. The van der Waals surface area contributed by atoms with Crippen molar-refractivity contribution in [1.82, 2.24) is 0 Å². The molecular weight excluding hydrogens is 276 g/mol. The number of rotatable bonds is 3. The second-order valence-corrected chi connectivity index (χ2v) is 5.56. The molecule has 0 unspecified atom stereocenters. The molecule has 2 N–H and O–H groups in total. The fourth-order valence-corrected chi connectivity index (χ4v) is 2.80. The second-order valence-electron chi connectivity index (χ2n) is 5.56. The lowest BCUT2D eigenvalue weighted by atomic mass is 10.1. The number of amides is 1. The van der Waals surface area contributed by atoms with E-state index in [0.29, 0.717) is 17.0 Å². The summed E-state index contributed by atoms with van der Waals surface area (Å²) in [5.74, 6) is -0.120. The summed E-state index contributed by atoms with van der Waals surface area (Å²) in [5, 5.41) is 14.9. The molecule has 4 heteroatoms. The lowest BCUT2D eigenvalue weighted by molar-refractivity contribution is 0.102. The molecule has 4 nitrogen and oxygen atoms in total. The number of hydrogen-bond acceptors (Lipinski definition) is 3. The van der Waals surface area contributed by atoms with Gasteiger partial charge in [-0.2, -0.15) is 0 Å². The zero-order valence-electron chi connectivity index (χ0n) is 12.5. The first-order valence-electron chi connectivity index (χ1n) is 7.39. The molecule has 0 saturated carbocycles. The quantitative estimate of drug-likeness (QED) is 0.516. The Morgan fingerprint density at radius 2 is 1.91 bits per heavy atom. The van der Waals surface area contributed by atoms with Gasteiger partial charge in [-0.05, 0) is 61.6 Å². The van der Waals surface area contributed by atoms with Gasteiger partial charge in [0.2, 0.25) is 0 Å². The van der Waals surface area contributed by atoms with Crippen molar-refractivity contribution >= 4 is 17.3 Å². The number of nitrogens with zero attached hydrogens (tertiary/aromatic N) is 1. The fourth-order valence-electron chi connectivity index (χ4n) is 2.80. The number of aryl methyl sites for hydroxylation is 2. The second kappa shape index (κ2) is 6.02. The predicted molar refractivity (Wildman–Crippen MR) is 86.9 cm³/mol. The van der Waals surface area contributed by atoms with E-state index in [1.54, 1.807) is 13.0 Å².